The Kier molecular flexibility index (Phi) is 7.36. The zero-order valence-corrected chi connectivity index (χ0v) is 20.2. The number of carbonyl (C=O) groups is 1. The van der Waals surface area contributed by atoms with Crippen molar-refractivity contribution in [3.63, 3.8) is 0 Å². The van der Waals surface area contributed by atoms with E-state index in [-0.39, 0.29) is 18.2 Å². The molecule has 1 heterocycles. The van der Waals surface area contributed by atoms with Gasteiger partial charge in [-0.1, -0.05) is 35.3 Å². The van der Waals surface area contributed by atoms with Crippen molar-refractivity contribution in [2.75, 3.05) is 5.32 Å². The molecule has 2 N–H and O–H groups in total. The molecule has 1 aromatic heterocycles. The molecule has 0 atom stereocenters. The summed E-state index contributed by atoms with van der Waals surface area (Å²) in [5, 5.41) is 15.0. The summed E-state index contributed by atoms with van der Waals surface area (Å²) >= 11 is 17.7. The average Bonchev–Trinajstić information content (AvgIpc) is 3.04. The van der Waals surface area contributed by atoms with Gasteiger partial charge in [0.15, 0.2) is 4.77 Å². The van der Waals surface area contributed by atoms with Crippen molar-refractivity contribution in [3.8, 4) is 11.6 Å². The van der Waals surface area contributed by atoms with E-state index < -0.39 is 5.82 Å². The van der Waals surface area contributed by atoms with Crippen LogP contribution in [0.3, 0.4) is 0 Å². The number of anilines is 1. The number of hydrogen-bond donors (Lipinski definition) is 2. The molecule has 0 spiro atoms. The van der Waals surface area contributed by atoms with Gasteiger partial charge in [-0.3, -0.25) is 9.36 Å². The van der Waals surface area contributed by atoms with E-state index in [2.05, 4.69) is 5.32 Å². The van der Waals surface area contributed by atoms with Crippen LogP contribution >= 0.6 is 35.4 Å². The lowest BCUT2D eigenvalue weighted by Gasteiger charge is -2.10. The van der Waals surface area contributed by atoms with E-state index in [1.165, 1.54) is 28.8 Å². The Hall–Kier alpha value is -3.13. The zero-order valence-electron chi connectivity index (χ0n) is 17.8. The van der Waals surface area contributed by atoms with E-state index in [1.54, 1.807) is 28.8 Å². The lowest BCUT2D eigenvalue weighted by Crippen LogP contribution is -2.17. The van der Waals surface area contributed by atoms with Crippen LogP contribution in [0.1, 0.15) is 11.3 Å². The Morgan fingerprint density at radius 2 is 1.53 bits per heavy atom. The fraction of sp³-hybridized carbons (Fsp3) is 0.120. The fourth-order valence-corrected chi connectivity index (χ4v) is 4.23. The molecule has 0 aliphatic rings. The van der Waals surface area contributed by atoms with Gasteiger partial charge in [0.2, 0.25) is 11.8 Å². The van der Waals surface area contributed by atoms with E-state index in [4.69, 9.17) is 35.4 Å². The van der Waals surface area contributed by atoms with Gasteiger partial charge in [0.05, 0.1) is 17.8 Å². The molecule has 0 saturated heterocycles. The Balaban J connectivity index is 1.67. The molecule has 174 valence electrons. The molecule has 0 radical (unpaired) electrons. The number of aromatic hydroxyl groups is 1. The molecule has 3 aromatic carbocycles. The lowest BCUT2D eigenvalue weighted by molar-refractivity contribution is -0.115. The maximum atomic E-state index is 13.2. The number of rotatable bonds is 7. The van der Waals surface area contributed by atoms with Crippen molar-refractivity contribution in [1.29, 1.82) is 0 Å². The average molecular weight is 516 g/mol. The van der Waals surface area contributed by atoms with Crippen LogP contribution in [0.4, 0.5) is 10.1 Å². The molecule has 34 heavy (non-hydrogen) atoms. The molecular formula is C25H20Cl2FN3O2S. The molecule has 0 bridgehead atoms. The number of imidazole rings is 1. The smallest absolute Gasteiger partial charge is 0.230 e. The van der Waals surface area contributed by atoms with E-state index in [1.807, 2.05) is 24.3 Å². The highest BCUT2D eigenvalue weighted by Gasteiger charge is 2.21. The molecule has 9 heteroatoms. The molecule has 0 aliphatic heterocycles. The number of carbonyl (C=O) groups excluding carboxylic acids is 1. The Labute approximate surface area is 211 Å². The first-order valence-corrected chi connectivity index (χ1v) is 11.6. The minimum absolute atomic E-state index is 0.127. The highest BCUT2D eigenvalue weighted by atomic mass is 35.5. The highest BCUT2D eigenvalue weighted by molar-refractivity contribution is 7.71. The van der Waals surface area contributed by atoms with Gasteiger partial charge in [-0.05, 0) is 84.9 Å². The van der Waals surface area contributed by atoms with Crippen LogP contribution in [0.25, 0.3) is 5.69 Å². The highest BCUT2D eigenvalue weighted by Crippen LogP contribution is 2.28. The summed E-state index contributed by atoms with van der Waals surface area (Å²) in [6.07, 6.45) is 0.482. The molecule has 4 rings (SSSR count). The summed E-state index contributed by atoms with van der Waals surface area (Å²) in [4.78, 5) is 12.8. The van der Waals surface area contributed by atoms with E-state index in [0.29, 0.717) is 44.9 Å². The SMILES string of the molecule is O=C(Cc1c(O)n(-c2ccc(Cl)cc2)c(=S)n1CCc1ccc(Cl)cc1)Nc1ccc(F)cc1. The minimum Gasteiger partial charge on any atom is -0.493 e. The van der Waals surface area contributed by atoms with E-state index in [0.717, 1.165) is 5.56 Å². The van der Waals surface area contributed by atoms with Gasteiger partial charge in [-0.25, -0.2) is 4.39 Å². The van der Waals surface area contributed by atoms with Crippen molar-refractivity contribution in [1.82, 2.24) is 9.13 Å². The summed E-state index contributed by atoms with van der Waals surface area (Å²) < 4.78 is 16.8. The van der Waals surface area contributed by atoms with Crippen molar-refractivity contribution in [2.45, 2.75) is 19.4 Å². The number of halogens is 3. The first kappa shape index (κ1) is 24.0. The first-order valence-electron chi connectivity index (χ1n) is 10.4. The second kappa shape index (κ2) is 10.4. The summed E-state index contributed by atoms with van der Waals surface area (Å²) in [6.45, 7) is 0.438. The molecule has 4 aromatic rings. The lowest BCUT2D eigenvalue weighted by atomic mass is 10.1. The molecule has 0 aliphatic carbocycles. The molecular weight excluding hydrogens is 496 g/mol. The van der Waals surface area contributed by atoms with Crippen molar-refractivity contribution in [3.05, 3.63) is 105 Å². The summed E-state index contributed by atoms with van der Waals surface area (Å²) in [6, 6.07) is 19.8. The third-order valence-corrected chi connectivity index (χ3v) is 6.20. The number of nitrogens with zero attached hydrogens (tertiary/aromatic N) is 2. The third-order valence-electron chi connectivity index (χ3n) is 5.30. The molecule has 0 unspecified atom stereocenters. The standard InChI is InChI=1S/C25H20Cl2FN3O2S/c26-17-3-1-16(2-4-17)13-14-30-22(15-23(32)29-20-9-7-19(28)8-10-20)24(33)31(25(30)34)21-11-5-18(27)6-12-21/h1-12,33H,13-15H2,(H,29,32). The van der Waals surface area contributed by atoms with Crippen LogP contribution in [0.5, 0.6) is 5.88 Å². The third kappa shape index (κ3) is 5.50. The van der Waals surface area contributed by atoms with Crippen LogP contribution in [0, 0.1) is 10.6 Å². The van der Waals surface area contributed by atoms with Gasteiger partial charge in [0.1, 0.15) is 5.82 Å². The van der Waals surface area contributed by atoms with Crippen LogP contribution in [0.2, 0.25) is 10.0 Å². The van der Waals surface area contributed by atoms with Gasteiger partial charge in [0.25, 0.3) is 0 Å². The minimum atomic E-state index is -0.397. The van der Waals surface area contributed by atoms with Crippen molar-refractivity contribution >= 4 is 47.0 Å². The summed E-state index contributed by atoms with van der Waals surface area (Å²) in [7, 11) is 0. The maximum absolute atomic E-state index is 13.2. The van der Waals surface area contributed by atoms with Crippen LogP contribution in [0.15, 0.2) is 72.8 Å². The van der Waals surface area contributed by atoms with Crippen LogP contribution in [-0.2, 0) is 24.2 Å². The Bertz CT molecular complexity index is 1370. The van der Waals surface area contributed by atoms with Gasteiger partial charge < -0.3 is 15.0 Å². The number of aryl methyl sites for hydroxylation is 1. The van der Waals surface area contributed by atoms with Gasteiger partial charge in [0, 0.05) is 22.3 Å². The summed E-state index contributed by atoms with van der Waals surface area (Å²) in [5.41, 5.74) is 2.48. The monoisotopic (exact) mass is 515 g/mol. The predicted molar refractivity (Wildman–Crippen MR) is 135 cm³/mol. The van der Waals surface area contributed by atoms with Crippen molar-refractivity contribution < 1.29 is 14.3 Å². The molecule has 5 nitrogen and oxygen atoms in total. The Morgan fingerprint density at radius 1 is 0.941 bits per heavy atom. The van der Waals surface area contributed by atoms with Crippen LogP contribution in [-0.4, -0.2) is 20.1 Å². The number of nitrogens with one attached hydrogen (secondary N) is 1. The number of aromatic nitrogens is 2. The predicted octanol–water partition coefficient (Wildman–Crippen LogP) is 6.58. The van der Waals surface area contributed by atoms with Gasteiger partial charge >= 0.3 is 0 Å². The molecule has 0 saturated carbocycles. The molecule has 0 fully saturated rings. The maximum Gasteiger partial charge on any atom is 0.230 e. The van der Waals surface area contributed by atoms with Crippen LogP contribution < -0.4 is 5.32 Å². The first-order chi connectivity index (χ1) is 16.3. The quantitative estimate of drug-likeness (QED) is 0.273. The zero-order chi connectivity index (χ0) is 24.2. The number of hydrogen-bond acceptors (Lipinski definition) is 3. The topological polar surface area (TPSA) is 59.2 Å². The second-order valence-electron chi connectivity index (χ2n) is 7.62. The Morgan fingerprint density at radius 3 is 2.15 bits per heavy atom. The number of amides is 1. The fourth-order valence-electron chi connectivity index (χ4n) is 3.59. The number of benzene rings is 3. The summed E-state index contributed by atoms with van der Waals surface area (Å²) in [5.74, 6) is -0.894. The van der Waals surface area contributed by atoms with Crippen molar-refractivity contribution in [2.24, 2.45) is 0 Å². The van der Waals surface area contributed by atoms with E-state index >= 15 is 0 Å². The normalized spacial score (nSPS) is 10.9. The molecule has 1 amide bonds. The van der Waals surface area contributed by atoms with Gasteiger partial charge in [-0.2, -0.15) is 0 Å². The largest absolute Gasteiger partial charge is 0.493 e. The van der Waals surface area contributed by atoms with E-state index in [9.17, 15) is 14.3 Å². The second-order valence-corrected chi connectivity index (χ2v) is 8.86. The van der Waals surface area contributed by atoms with Gasteiger partial charge in [-0.15, -0.1) is 0 Å².